The molecule has 24 heavy (non-hydrogen) atoms. The Morgan fingerprint density at radius 1 is 1.25 bits per heavy atom. The minimum Gasteiger partial charge on any atom is -0.497 e. The van der Waals surface area contributed by atoms with E-state index >= 15 is 0 Å². The maximum absolute atomic E-state index is 12.3. The molecular formula is C18H20N2O3S. The Morgan fingerprint density at radius 2 is 2.12 bits per heavy atom. The second-order valence-electron chi connectivity index (χ2n) is 5.36. The summed E-state index contributed by atoms with van der Waals surface area (Å²) in [6, 6.07) is 9.75. The minimum atomic E-state index is -0.0591. The molecule has 2 heterocycles. The highest BCUT2D eigenvalue weighted by Crippen LogP contribution is 2.29. The maximum atomic E-state index is 12.3. The van der Waals surface area contributed by atoms with Gasteiger partial charge in [-0.05, 0) is 37.6 Å². The molecule has 0 aliphatic rings. The SMILES string of the molecule is CCOCCCNC(=O)c1cc2cc3ccc(OC)cc3nc2s1. The van der Waals surface area contributed by atoms with Crippen LogP contribution in [0.4, 0.5) is 0 Å². The van der Waals surface area contributed by atoms with Crippen LogP contribution in [0.5, 0.6) is 5.75 Å². The quantitative estimate of drug-likeness (QED) is 0.665. The highest BCUT2D eigenvalue weighted by Gasteiger charge is 2.11. The first-order valence-corrected chi connectivity index (χ1v) is 8.77. The monoisotopic (exact) mass is 344 g/mol. The summed E-state index contributed by atoms with van der Waals surface area (Å²) < 4.78 is 10.5. The maximum Gasteiger partial charge on any atom is 0.261 e. The number of hydrogen-bond donors (Lipinski definition) is 1. The van der Waals surface area contributed by atoms with Gasteiger partial charge in [0.2, 0.25) is 0 Å². The van der Waals surface area contributed by atoms with E-state index in [1.807, 2.05) is 31.2 Å². The summed E-state index contributed by atoms with van der Waals surface area (Å²) >= 11 is 1.41. The lowest BCUT2D eigenvalue weighted by molar-refractivity contribution is 0.0948. The van der Waals surface area contributed by atoms with Crippen molar-refractivity contribution in [3.63, 3.8) is 0 Å². The van der Waals surface area contributed by atoms with Crippen molar-refractivity contribution < 1.29 is 14.3 Å². The number of aromatic nitrogens is 1. The Kier molecular flexibility index (Phi) is 5.27. The number of thiophene rings is 1. The molecule has 0 saturated carbocycles. The summed E-state index contributed by atoms with van der Waals surface area (Å²) in [6.07, 6.45) is 0.812. The Bertz CT molecular complexity index is 860. The molecule has 3 aromatic rings. The molecule has 3 rings (SSSR count). The lowest BCUT2D eigenvalue weighted by Crippen LogP contribution is -2.24. The molecule has 0 aliphatic heterocycles. The summed E-state index contributed by atoms with van der Waals surface area (Å²) in [4.78, 5) is 18.4. The molecule has 1 N–H and O–H groups in total. The third-order valence-electron chi connectivity index (χ3n) is 3.69. The van der Waals surface area contributed by atoms with Gasteiger partial charge in [-0.15, -0.1) is 11.3 Å². The summed E-state index contributed by atoms with van der Waals surface area (Å²) in [5, 5.41) is 4.94. The number of methoxy groups -OCH3 is 1. The third kappa shape index (κ3) is 3.66. The molecule has 0 saturated heterocycles. The second kappa shape index (κ2) is 7.59. The van der Waals surface area contributed by atoms with E-state index in [-0.39, 0.29) is 5.91 Å². The molecule has 0 spiro atoms. The van der Waals surface area contributed by atoms with Crippen LogP contribution < -0.4 is 10.1 Å². The Hall–Kier alpha value is -2.18. The fraction of sp³-hybridized carbons (Fsp3) is 0.333. The van der Waals surface area contributed by atoms with E-state index in [2.05, 4.69) is 16.4 Å². The number of carbonyl (C=O) groups excluding carboxylic acids is 1. The van der Waals surface area contributed by atoms with E-state index in [0.29, 0.717) is 24.6 Å². The van der Waals surface area contributed by atoms with E-state index in [4.69, 9.17) is 9.47 Å². The van der Waals surface area contributed by atoms with Crippen molar-refractivity contribution in [1.29, 1.82) is 0 Å². The van der Waals surface area contributed by atoms with Crippen molar-refractivity contribution in [3.05, 3.63) is 35.2 Å². The van der Waals surface area contributed by atoms with Crippen molar-refractivity contribution in [2.24, 2.45) is 0 Å². The number of nitrogens with one attached hydrogen (secondary N) is 1. The number of hydrogen-bond acceptors (Lipinski definition) is 5. The van der Waals surface area contributed by atoms with E-state index in [9.17, 15) is 4.79 Å². The molecule has 2 aromatic heterocycles. The lowest BCUT2D eigenvalue weighted by atomic mass is 10.2. The van der Waals surface area contributed by atoms with Gasteiger partial charge in [-0.3, -0.25) is 4.79 Å². The van der Waals surface area contributed by atoms with Gasteiger partial charge in [-0.1, -0.05) is 0 Å². The third-order valence-corrected chi connectivity index (χ3v) is 4.73. The first-order valence-electron chi connectivity index (χ1n) is 7.95. The van der Waals surface area contributed by atoms with Crippen molar-refractivity contribution in [2.45, 2.75) is 13.3 Å². The first-order chi connectivity index (χ1) is 11.7. The van der Waals surface area contributed by atoms with Crippen LogP contribution >= 0.6 is 11.3 Å². The Balaban J connectivity index is 1.77. The van der Waals surface area contributed by atoms with Crippen LogP contribution in [0.25, 0.3) is 21.1 Å². The number of ether oxygens (including phenoxy) is 2. The van der Waals surface area contributed by atoms with Crippen molar-refractivity contribution >= 4 is 38.4 Å². The number of fused-ring (bicyclic) bond motifs is 2. The molecular weight excluding hydrogens is 324 g/mol. The molecule has 0 atom stereocenters. The highest BCUT2D eigenvalue weighted by atomic mass is 32.1. The van der Waals surface area contributed by atoms with Gasteiger partial charge in [-0.25, -0.2) is 4.98 Å². The zero-order valence-electron chi connectivity index (χ0n) is 13.8. The molecule has 0 bridgehead atoms. The summed E-state index contributed by atoms with van der Waals surface area (Å²) in [5.74, 6) is 0.717. The molecule has 0 fully saturated rings. The predicted molar refractivity (Wildman–Crippen MR) is 97.1 cm³/mol. The highest BCUT2D eigenvalue weighted by molar-refractivity contribution is 7.20. The largest absolute Gasteiger partial charge is 0.497 e. The Labute approximate surface area is 144 Å². The molecule has 126 valence electrons. The Morgan fingerprint density at radius 3 is 2.92 bits per heavy atom. The number of carbonyl (C=O) groups is 1. The van der Waals surface area contributed by atoms with Gasteiger partial charge in [0.25, 0.3) is 5.91 Å². The van der Waals surface area contributed by atoms with Gasteiger partial charge in [0.15, 0.2) is 0 Å². The molecule has 5 nitrogen and oxygen atoms in total. The number of amides is 1. The van der Waals surface area contributed by atoms with Crippen molar-refractivity contribution in [2.75, 3.05) is 26.9 Å². The second-order valence-corrected chi connectivity index (χ2v) is 6.39. The van der Waals surface area contributed by atoms with Crippen molar-refractivity contribution in [1.82, 2.24) is 10.3 Å². The summed E-state index contributed by atoms with van der Waals surface area (Å²) in [6.45, 7) is 3.94. The lowest BCUT2D eigenvalue weighted by Gasteiger charge is -2.03. The van der Waals surface area contributed by atoms with Crippen LogP contribution in [0.15, 0.2) is 30.3 Å². The fourth-order valence-corrected chi connectivity index (χ4v) is 3.39. The number of nitrogens with zero attached hydrogens (tertiary/aromatic N) is 1. The summed E-state index contributed by atoms with van der Waals surface area (Å²) in [7, 11) is 1.64. The van der Waals surface area contributed by atoms with Gasteiger partial charge >= 0.3 is 0 Å². The van der Waals surface area contributed by atoms with Crippen molar-refractivity contribution in [3.8, 4) is 5.75 Å². The number of rotatable bonds is 7. The molecule has 1 aromatic carbocycles. The van der Waals surface area contributed by atoms with Gasteiger partial charge < -0.3 is 14.8 Å². The average Bonchev–Trinajstić information content (AvgIpc) is 3.01. The summed E-state index contributed by atoms with van der Waals surface area (Å²) in [5.41, 5.74) is 0.868. The van der Waals surface area contributed by atoms with Crippen LogP contribution in [0.1, 0.15) is 23.0 Å². The molecule has 0 unspecified atom stereocenters. The van der Waals surface area contributed by atoms with Crippen LogP contribution in [0.2, 0.25) is 0 Å². The van der Waals surface area contributed by atoms with Gasteiger partial charge in [0.05, 0.1) is 17.5 Å². The fourth-order valence-electron chi connectivity index (χ4n) is 2.45. The predicted octanol–water partition coefficient (Wildman–Crippen LogP) is 3.61. The first kappa shape index (κ1) is 16.7. The van der Waals surface area contributed by atoms with E-state index < -0.39 is 0 Å². The zero-order chi connectivity index (χ0) is 16.9. The topological polar surface area (TPSA) is 60.5 Å². The molecule has 1 amide bonds. The van der Waals surface area contributed by atoms with Gasteiger partial charge in [-0.2, -0.15) is 0 Å². The smallest absolute Gasteiger partial charge is 0.261 e. The number of pyridine rings is 1. The molecule has 0 radical (unpaired) electrons. The van der Waals surface area contributed by atoms with E-state index in [0.717, 1.165) is 33.3 Å². The number of benzene rings is 1. The van der Waals surface area contributed by atoms with Crippen LogP contribution in [-0.2, 0) is 4.74 Å². The van der Waals surface area contributed by atoms with E-state index in [1.165, 1.54) is 11.3 Å². The van der Waals surface area contributed by atoms with Gasteiger partial charge in [0.1, 0.15) is 10.6 Å². The van der Waals surface area contributed by atoms with Crippen LogP contribution in [-0.4, -0.2) is 37.8 Å². The normalized spacial score (nSPS) is 11.1. The minimum absolute atomic E-state index is 0.0591. The zero-order valence-corrected chi connectivity index (χ0v) is 14.6. The standard InChI is InChI=1S/C18H20N2O3S/c1-3-23-8-4-7-19-17(21)16-10-13-9-12-5-6-14(22-2)11-15(12)20-18(13)24-16/h5-6,9-11H,3-4,7-8H2,1-2H3,(H,19,21). The van der Waals surface area contributed by atoms with Gasteiger partial charge in [0, 0.05) is 36.6 Å². The van der Waals surface area contributed by atoms with Crippen LogP contribution in [0.3, 0.4) is 0 Å². The molecule has 6 heteroatoms. The average molecular weight is 344 g/mol. The molecule has 0 aliphatic carbocycles. The van der Waals surface area contributed by atoms with E-state index in [1.54, 1.807) is 7.11 Å². The van der Waals surface area contributed by atoms with Crippen LogP contribution in [0, 0.1) is 0 Å².